The first kappa shape index (κ1) is 26.0. The second-order valence-corrected chi connectivity index (χ2v) is 10.3. The van der Waals surface area contributed by atoms with Crippen molar-refractivity contribution in [3.8, 4) is 0 Å². The highest BCUT2D eigenvalue weighted by Gasteiger charge is 2.61. The summed E-state index contributed by atoms with van der Waals surface area (Å²) in [5.74, 6) is -1.26. The van der Waals surface area contributed by atoms with Crippen LogP contribution in [0, 0.1) is 11.3 Å². The average Bonchev–Trinajstić information content (AvgIpc) is 3.19. The number of carbonyl (C=O) groups is 3. The fourth-order valence-electron chi connectivity index (χ4n) is 5.12. The van der Waals surface area contributed by atoms with Gasteiger partial charge in [0, 0.05) is 5.92 Å². The van der Waals surface area contributed by atoms with Gasteiger partial charge in [-0.3, -0.25) is 14.4 Å². The Morgan fingerprint density at radius 3 is 2.42 bits per heavy atom. The van der Waals surface area contributed by atoms with Crippen molar-refractivity contribution in [2.45, 2.75) is 50.9 Å². The van der Waals surface area contributed by atoms with Crippen LogP contribution in [0.15, 0.2) is 60.7 Å². The largest absolute Gasteiger partial charge is 0.465 e. The highest BCUT2D eigenvalue weighted by Crippen LogP contribution is 2.46. The zero-order valence-corrected chi connectivity index (χ0v) is 20.9. The van der Waals surface area contributed by atoms with Gasteiger partial charge in [-0.1, -0.05) is 60.7 Å². The fourth-order valence-corrected chi connectivity index (χ4v) is 5.12. The number of hydrogen-bond acceptors (Lipinski definition) is 7. The van der Waals surface area contributed by atoms with Crippen molar-refractivity contribution in [3.05, 3.63) is 71.8 Å². The summed E-state index contributed by atoms with van der Waals surface area (Å²) in [6.45, 7) is 4.25. The molecule has 2 aliphatic heterocycles. The van der Waals surface area contributed by atoms with E-state index in [1.165, 1.54) is 0 Å². The zero-order chi connectivity index (χ0) is 25.8. The molecule has 36 heavy (non-hydrogen) atoms. The number of hydrogen-bond donors (Lipinski definition) is 3. The zero-order valence-electron chi connectivity index (χ0n) is 20.9. The van der Waals surface area contributed by atoms with Gasteiger partial charge in [0.05, 0.1) is 31.4 Å². The minimum absolute atomic E-state index is 0.0468. The lowest BCUT2D eigenvalue weighted by Crippen LogP contribution is -2.66. The molecule has 2 aromatic rings. The number of nitrogens with two attached hydrogens (primary N) is 1. The van der Waals surface area contributed by atoms with E-state index in [4.69, 9.17) is 15.2 Å². The highest BCUT2D eigenvalue weighted by molar-refractivity contribution is 5.99. The summed E-state index contributed by atoms with van der Waals surface area (Å²) in [6.07, 6.45) is 1.09. The lowest BCUT2D eigenvalue weighted by Gasteiger charge is -2.43. The topological polar surface area (TPSA) is 120 Å². The van der Waals surface area contributed by atoms with E-state index in [1.54, 1.807) is 13.8 Å². The molecule has 4 atom stereocenters. The summed E-state index contributed by atoms with van der Waals surface area (Å²) in [5.41, 5.74) is 5.66. The maximum Gasteiger partial charge on any atom is 0.314 e. The standard InChI is InChI=1S/C28H35N3O5/c1-27(2,29)25(33)31-22(18-35-16-20-11-7-4-8-12-20)23(32)24-28(15-19-9-5-3-6-10-19)21(13-14-30-24)17-36-26(28)34/h3-12,21-22,24,30H,13-18,29H2,1-2H3,(H,31,33)/t21?,22-,24?,28?/m1/s1. The van der Waals surface area contributed by atoms with E-state index in [9.17, 15) is 14.4 Å². The number of ether oxygens (including phenoxy) is 2. The van der Waals surface area contributed by atoms with Crippen molar-refractivity contribution < 1.29 is 23.9 Å². The Morgan fingerprint density at radius 1 is 1.14 bits per heavy atom. The smallest absolute Gasteiger partial charge is 0.314 e. The number of ketones is 1. The number of piperidine rings is 1. The Balaban J connectivity index is 1.61. The first-order valence-electron chi connectivity index (χ1n) is 12.4. The minimum atomic E-state index is -1.19. The molecule has 0 bridgehead atoms. The Kier molecular flexibility index (Phi) is 7.88. The van der Waals surface area contributed by atoms with Gasteiger partial charge in [-0.2, -0.15) is 0 Å². The lowest BCUT2D eigenvalue weighted by molar-refractivity contribution is -0.152. The third kappa shape index (κ3) is 5.51. The van der Waals surface area contributed by atoms with Crippen molar-refractivity contribution >= 4 is 17.7 Å². The molecule has 3 unspecified atom stereocenters. The second kappa shape index (κ2) is 10.9. The highest BCUT2D eigenvalue weighted by atomic mass is 16.5. The summed E-state index contributed by atoms with van der Waals surface area (Å²) in [5, 5.41) is 6.08. The molecule has 2 saturated heterocycles. The summed E-state index contributed by atoms with van der Waals surface area (Å²) in [7, 11) is 0. The Bertz CT molecular complexity index is 1070. The maximum atomic E-state index is 14.1. The van der Waals surface area contributed by atoms with Gasteiger partial charge in [0.1, 0.15) is 11.5 Å². The molecule has 0 saturated carbocycles. The van der Waals surface area contributed by atoms with Gasteiger partial charge in [-0.15, -0.1) is 0 Å². The van der Waals surface area contributed by atoms with Crippen LogP contribution in [0.2, 0.25) is 0 Å². The molecule has 0 radical (unpaired) electrons. The molecule has 2 aromatic carbocycles. The Labute approximate surface area is 211 Å². The molecule has 8 heteroatoms. The summed E-state index contributed by atoms with van der Waals surface area (Å²) in [6, 6.07) is 17.4. The van der Waals surface area contributed by atoms with Gasteiger partial charge in [0.2, 0.25) is 5.91 Å². The number of cyclic esters (lactones) is 1. The number of fused-ring (bicyclic) bond motifs is 1. The molecule has 2 aliphatic rings. The summed E-state index contributed by atoms with van der Waals surface area (Å²) < 4.78 is 11.4. The monoisotopic (exact) mass is 493 g/mol. The Hall–Kier alpha value is -3.07. The predicted molar refractivity (Wildman–Crippen MR) is 135 cm³/mol. The van der Waals surface area contributed by atoms with Crippen LogP contribution in [0.4, 0.5) is 0 Å². The SMILES string of the molecule is CC(C)(N)C(=O)N[C@H](COCc1ccccc1)C(=O)C1NCCC2COC(=O)C21Cc1ccccc1. The molecule has 2 fully saturated rings. The van der Waals surface area contributed by atoms with Gasteiger partial charge in [0.15, 0.2) is 5.78 Å². The molecular weight excluding hydrogens is 458 g/mol. The number of rotatable bonds is 10. The minimum Gasteiger partial charge on any atom is -0.465 e. The third-order valence-electron chi connectivity index (χ3n) is 7.13. The summed E-state index contributed by atoms with van der Waals surface area (Å²) >= 11 is 0. The molecule has 4 N–H and O–H groups in total. The van der Waals surface area contributed by atoms with E-state index in [0.717, 1.165) is 17.5 Å². The van der Waals surface area contributed by atoms with Crippen molar-refractivity contribution in [1.82, 2.24) is 10.6 Å². The van der Waals surface area contributed by atoms with E-state index in [1.807, 2.05) is 60.7 Å². The van der Waals surface area contributed by atoms with Crippen LogP contribution < -0.4 is 16.4 Å². The van der Waals surface area contributed by atoms with Crippen LogP contribution in [-0.2, 0) is 36.9 Å². The van der Waals surface area contributed by atoms with Crippen molar-refractivity contribution in [2.24, 2.45) is 17.1 Å². The lowest BCUT2D eigenvalue weighted by atomic mass is 9.63. The van der Waals surface area contributed by atoms with Crippen LogP contribution in [0.5, 0.6) is 0 Å². The molecule has 8 nitrogen and oxygen atoms in total. The van der Waals surface area contributed by atoms with Gasteiger partial charge < -0.3 is 25.8 Å². The third-order valence-corrected chi connectivity index (χ3v) is 7.13. The van der Waals surface area contributed by atoms with Crippen LogP contribution in [0.25, 0.3) is 0 Å². The van der Waals surface area contributed by atoms with E-state index in [-0.39, 0.29) is 37.5 Å². The second-order valence-electron chi connectivity index (χ2n) is 10.3. The number of nitrogens with one attached hydrogen (secondary N) is 2. The molecule has 192 valence electrons. The average molecular weight is 494 g/mol. The number of amides is 1. The van der Waals surface area contributed by atoms with Gasteiger partial charge in [-0.25, -0.2) is 0 Å². The number of Topliss-reactive ketones (excluding diaryl/α,β-unsaturated/α-hetero) is 1. The molecule has 2 heterocycles. The number of esters is 1. The van der Waals surface area contributed by atoms with Crippen LogP contribution in [0.1, 0.15) is 31.4 Å². The van der Waals surface area contributed by atoms with Crippen LogP contribution >= 0.6 is 0 Å². The van der Waals surface area contributed by atoms with Crippen molar-refractivity contribution in [2.75, 3.05) is 19.8 Å². The van der Waals surface area contributed by atoms with Crippen LogP contribution in [0.3, 0.4) is 0 Å². The molecule has 1 amide bonds. The molecular formula is C28H35N3O5. The first-order chi connectivity index (χ1) is 17.2. The summed E-state index contributed by atoms with van der Waals surface area (Å²) in [4.78, 5) is 40.2. The molecule has 0 aromatic heterocycles. The maximum absolute atomic E-state index is 14.1. The van der Waals surface area contributed by atoms with Gasteiger partial charge in [0.25, 0.3) is 0 Å². The molecule has 0 spiro atoms. The number of benzene rings is 2. The number of carbonyl (C=O) groups excluding carboxylic acids is 3. The first-order valence-corrected chi connectivity index (χ1v) is 12.4. The Morgan fingerprint density at radius 2 is 1.78 bits per heavy atom. The fraction of sp³-hybridized carbons (Fsp3) is 0.464. The molecule has 0 aliphatic carbocycles. The molecule has 4 rings (SSSR count). The van der Waals surface area contributed by atoms with E-state index in [0.29, 0.717) is 13.0 Å². The van der Waals surface area contributed by atoms with E-state index < -0.39 is 28.9 Å². The van der Waals surface area contributed by atoms with E-state index >= 15 is 0 Å². The van der Waals surface area contributed by atoms with E-state index in [2.05, 4.69) is 10.6 Å². The van der Waals surface area contributed by atoms with Crippen molar-refractivity contribution in [3.63, 3.8) is 0 Å². The van der Waals surface area contributed by atoms with Crippen LogP contribution in [-0.4, -0.2) is 55.0 Å². The van der Waals surface area contributed by atoms with Crippen molar-refractivity contribution in [1.29, 1.82) is 0 Å². The van der Waals surface area contributed by atoms with Gasteiger partial charge in [-0.05, 0) is 44.4 Å². The van der Waals surface area contributed by atoms with Gasteiger partial charge >= 0.3 is 5.97 Å². The normalized spacial score (nSPS) is 24.5. The quantitative estimate of drug-likeness (QED) is 0.432. The predicted octanol–water partition coefficient (Wildman–Crippen LogP) is 1.76.